The third-order valence-electron chi connectivity index (χ3n) is 4.48. The molecule has 1 atom stereocenters. The Hall–Kier alpha value is -2.80. The summed E-state index contributed by atoms with van der Waals surface area (Å²) in [6.07, 6.45) is 3.85. The van der Waals surface area contributed by atoms with Crippen molar-refractivity contribution in [1.82, 2.24) is 14.9 Å². The van der Waals surface area contributed by atoms with Gasteiger partial charge in [0.1, 0.15) is 4.88 Å². The number of ether oxygens (including phenoxy) is 2. The summed E-state index contributed by atoms with van der Waals surface area (Å²) >= 11 is 1.40. The zero-order valence-corrected chi connectivity index (χ0v) is 17.5. The van der Waals surface area contributed by atoms with E-state index in [1.54, 1.807) is 14.2 Å². The highest BCUT2D eigenvalue weighted by molar-refractivity contribution is 7.16. The number of nitrogens with zero attached hydrogens (tertiary/aromatic N) is 2. The van der Waals surface area contributed by atoms with E-state index in [1.807, 2.05) is 68.1 Å². The molecule has 28 heavy (non-hydrogen) atoms. The van der Waals surface area contributed by atoms with Crippen LogP contribution in [0.15, 0.2) is 42.7 Å². The fraction of sp³-hybridized carbons (Fsp3) is 0.333. The molecule has 6 nitrogen and oxygen atoms in total. The van der Waals surface area contributed by atoms with E-state index >= 15 is 0 Å². The number of carbonyl (C=O) groups is 1. The second-order valence-corrected chi connectivity index (χ2v) is 7.74. The summed E-state index contributed by atoms with van der Waals surface area (Å²) in [5, 5.41) is 3.87. The first kappa shape index (κ1) is 19.9. The van der Waals surface area contributed by atoms with E-state index < -0.39 is 0 Å². The molecule has 0 saturated heterocycles. The second-order valence-electron chi connectivity index (χ2n) is 6.77. The Morgan fingerprint density at radius 2 is 1.79 bits per heavy atom. The highest BCUT2D eigenvalue weighted by atomic mass is 32.1. The predicted molar refractivity (Wildman–Crippen MR) is 111 cm³/mol. The van der Waals surface area contributed by atoms with E-state index in [1.165, 1.54) is 11.3 Å². The standard InChI is InChI=1S/C21H25N3O3S/c1-13(2)18-19(28-21(23-18)24-10-6-7-11-24)20(25)22-14(3)15-8-9-16(26-4)17(12-15)27-5/h6-14H,1-5H3,(H,22,25). The molecule has 0 aliphatic carbocycles. The van der Waals surface area contributed by atoms with Crippen molar-refractivity contribution in [2.24, 2.45) is 0 Å². The summed E-state index contributed by atoms with van der Waals surface area (Å²) in [6.45, 7) is 6.04. The van der Waals surface area contributed by atoms with Crippen LogP contribution in [0.5, 0.6) is 11.5 Å². The monoisotopic (exact) mass is 399 g/mol. The predicted octanol–water partition coefficient (Wildman–Crippen LogP) is 4.57. The van der Waals surface area contributed by atoms with E-state index in [0.29, 0.717) is 16.4 Å². The number of amides is 1. The lowest BCUT2D eigenvalue weighted by Crippen LogP contribution is -2.27. The van der Waals surface area contributed by atoms with Crippen molar-refractivity contribution in [3.05, 3.63) is 58.9 Å². The zero-order chi connectivity index (χ0) is 20.3. The van der Waals surface area contributed by atoms with Gasteiger partial charge in [-0.3, -0.25) is 4.79 Å². The van der Waals surface area contributed by atoms with Gasteiger partial charge in [-0.25, -0.2) is 4.98 Å². The number of hydrogen-bond donors (Lipinski definition) is 1. The van der Waals surface area contributed by atoms with E-state index in [-0.39, 0.29) is 17.9 Å². The smallest absolute Gasteiger partial charge is 0.263 e. The van der Waals surface area contributed by atoms with Crippen molar-refractivity contribution in [3.63, 3.8) is 0 Å². The molecule has 0 fully saturated rings. The lowest BCUT2D eigenvalue weighted by atomic mass is 10.1. The molecule has 1 aromatic carbocycles. The molecule has 7 heteroatoms. The molecule has 0 bridgehead atoms. The van der Waals surface area contributed by atoms with Crippen LogP contribution in [0.1, 0.15) is 53.7 Å². The van der Waals surface area contributed by atoms with Crippen LogP contribution in [-0.2, 0) is 0 Å². The third-order valence-corrected chi connectivity index (χ3v) is 5.56. The highest BCUT2D eigenvalue weighted by Crippen LogP contribution is 2.31. The van der Waals surface area contributed by atoms with Crippen LogP contribution in [0.4, 0.5) is 0 Å². The van der Waals surface area contributed by atoms with Crippen LogP contribution < -0.4 is 14.8 Å². The number of hydrogen-bond acceptors (Lipinski definition) is 5. The average Bonchev–Trinajstić information content (AvgIpc) is 3.36. The largest absolute Gasteiger partial charge is 0.493 e. The normalized spacial score (nSPS) is 12.1. The van der Waals surface area contributed by atoms with Crippen molar-refractivity contribution >= 4 is 17.2 Å². The van der Waals surface area contributed by atoms with Crippen LogP contribution >= 0.6 is 11.3 Å². The van der Waals surface area contributed by atoms with Crippen molar-refractivity contribution in [3.8, 4) is 16.6 Å². The Morgan fingerprint density at radius 3 is 2.39 bits per heavy atom. The fourth-order valence-electron chi connectivity index (χ4n) is 2.91. The number of benzene rings is 1. The Morgan fingerprint density at radius 1 is 1.11 bits per heavy atom. The number of carbonyl (C=O) groups excluding carboxylic acids is 1. The Labute approximate surface area is 169 Å². The van der Waals surface area contributed by atoms with Crippen LogP contribution in [0.3, 0.4) is 0 Å². The van der Waals surface area contributed by atoms with Gasteiger partial charge in [-0.2, -0.15) is 0 Å². The molecule has 3 rings (SSSR count). The lowest BCUT2D eigenvalue weighted by molar-refractivity contribution is 0.0942. The van der Waals surface area contributed by atoms with Gasteiger partial charge in [-0.05, 0) is 42.7 Å². The highest BCUT2D eigenvalue weighted by Gasteiger charge is 2.22. The first-order valence-corrected chi connectivity index (χ1v) is 9.93. The number of aromatic nitrogens is 2. The van der Waals surface area contributed by atoms with Gasteiger partial charge in [-0.15, -0.1) is 0 Å². The maximum atomic E-state index is 13.0. The van der Waals surface area contributed by atoms with Crippen molar-refractivity contribution < 1.29 is 14.3 Å². The molecule has 3 aromatic rings. The molecule has 2 heterocycles. The number of rotatable bonds is 7. The third kappa shape index (κ3) is 4.04. The van der Waals surface area contributed by atoms with Gasteiger partial charge in [0.25, 0.3) is 5.91 Å². The molecular formula is C21H25N3O3S. The number of methoxy groups -OCH3 is 2. The summed E-state index contributed by atoms with van der Waals surface area (Å²) in [4.78, 5) is 18.3. The summed E-state index contributed by atoms with van der Waals surface area (Å²) in [7, 11) is 3.20. The first-order chi connectivity index (χ1) is 13.4. The van der Waals surface area contributed by atoms with Gasteiger partial charge < -0.3 is 19.4 Å². The minimum Gasteiger partial charge on any atom is -0.493 e. The second kappa shape index (κ2) is 8.48. The van der Waals surface area contributed by atoms with Gasteiger partial charge in [0.2, 0.25) is 0 Å². The van der Waals surface area contributed by atoms with Crippen LogP contribution in [-0.4, -0.2) is 29.7 Å². The zero-order valence-electron chi connectivity index (χ0n) is 16.7. The lowest BCUT2D eigenvalue weighted by Gasteiger charge is -2.16. The van der Waals surface area contributed by atoms with Crippen LogP contribution in [0.25, 0.3) is 5.13 Å². The molecule has 0 aliphatic rings. The molecule has 0 saturated carbocycles. The average molecular weight is 400 g/mol. The van der Waals surface area contributed by atoms with Gasteiger partial charge >= 0.3 is 0 Å². The molecular weight excluding hydrogens is 374 g/mol. The van der Waals surface area contributed by atoms with Gasteiger partial charge in [-0.1, -0.05) is 31.3 Å². The maximum absolute atomic E-state index is 13.0. The Kier molecular flexibility index (Phi) is 6.04. The molecule has 1 N–H and O–H groups in total. The quantitative estimate of drug-likeness (QED) is 0.632. The summed E-state index contributed by atoms with van der Waals surface area (Å²) in [5.41, 5.74) is 1.75. The van der Waals surface area contributed by atoms with E-state index in [4.69, 9.17) is 9.47 Å². The Balaban J connectivity index is 1.84. The Bertz CT molecular complexity index is 948. The molecule has 0 radical (unpaired) electrons. The number of thiazole rings is 1. The van der Waals surface area contributed by atoms with E-state index in [0.717, 1.165) is 16.4 Å². The molecule has 1 amide bonds. The van der Waals surface area contributed by atoms with Crippen LogP contribution in [0, 0.1) is 0 Å². The fourth-order valence-corrected chi connectivity index (χ4v) is 4.01. The minimum atomic E-state index is -0.190. The topological polar surface area (TPSA) is 65.4 Å². The van der Waals surface area contributed by atoms with Gasteiger partial charge in [0.05, 0.1) is 26.0 Å². The number of nitrogens with one attached hydrogen (secondary N) is 1. The molecule has 148 valence electrons. The van der Waals surface area contributed by atoms with Gasteiger partial charge in [0.15, 0.2) is 16.6 Å². The van der Waals surface area contributed by atoms with Crippen molar-refractivity contribution in [2.45, 2.75) is 32.7 Å². The van der Waals surface area contributed by atoms with E-state index in [2.05, 4.69) is 10.3 Å². The molecule has 1 unspecified atom stereocenters. The minimum absolute atomic E-state index is 0.123. The van der Waals surface area contributed by atoms with Gasteiger partial charge in [0, 0.05) is 12.4 Å². The summed E-state index contributed by atoms with van der Waals surface area (Å²) in [5.74, 6) is 1.32. The first-order valence-electron chi connectivity index (χ1n) is 9.11. The molecule has 0 aliphatic heterocycles. The maximum Gasteiger partial charge on any atom is 0.263 e. The molecule has 0 spiro atoms. The van der Waals surface area contributed by atoms with Crippen molar-refractivity contribution in [1.29, 1.82) is 0 Å². The SMILES string of the molecule is COc1ccc(C(C)NC(=O)c2sc(-n3cccc3)nc2C(C)C)cc1OC. The summed E-state index contributed by atoms with van der Waals surface area (Å²) in [6, 6.07) is 9.33. The van der Waals surface area contributed by atoms with Crippen LogP contribution in [0.2, 0.25) is 0 Å². The van der Waals surface area contributed by atoms with Crippen molar-refractivity contribution in [2.75, 3.05) is 14.2 Å². The van der Waals surface area contributed by atoms with E-state index in [9.17, 15) is 4.79 Å². The molecule has 2 aromatic heterocycles. The summed E-state index contributed by atoms with van der Waals surface area (Å²) < 4.78 is 12.6.